The van der Waals surface area contributed by atoms with Gasteiger partial charge in [0.1, 0.15) is 11.9 Å². The van der Waals surface area contributed by atoms with Crippen LogP contribution in [-0.2, 0) is 16.0 Å². The zero-order chi connectivity index (χ0) is 35.1. The Morgan fingerprint density at radius 1 is 1.26 bits per heavy atom. The van der Waals surface area contributed by atoms with Crippen LogP contribution in [0.5, 0.6) is 0 Å². The Morgan fingerprint density at radius 2 is 1.89 bits per heavy atom. The highest BCUT2D eigenvalue weighted by Gasteiger charge is 2.29. The molecule has 3 N–H and O–H groups in total. The minimum absolute atomic E-state index is 0.00682. The molecule has 2 amide bonds. The van der Waals surface area contributed by atoms with E-state index in [1.165, 1.54) is 19.1 Å². The molecule has 1 aromatic heterocycles. The Kier molecular flexibility index (Phi) is 12.3. The fourth-order valence-corrected chi connectivity index (χ4v) is 5.56. The number of amides is 2. The second-order valence-electron chi connectivity index (χ2n) is 12.4. The third-order valence-electron chi connectivity index (χ3n) is 8.40. The Morgan fingerprint density at radius 3 is 2.43 bits per heavy atom. The van der Waals surface area contributed by atoms with E-state index in [9.17, 15) is 23.6 Å². The molecule has 250 valence electrons. The summed E-state index contributed by atoms with van der Waals surface area (Å²) >= 11 is 0. The van der Waals surface area contributed by atoms with E-state index < -0.39 is 11.8 Å². The van der Waals surface area contributed by atoms with Gasteiger partial charge in [-0.1, -0.05) is 37.8 Å². The number of hydrogen-bond acceptors (Lipinski definition) is 5. The number of benzene rings is 1. The summed E-state index contributed by atoms with van der Waals surface area (Å²) in [6.45, 7) is 14.7. The summed E-state index contributed by atoms with van der Waals surface area (Å²) in [6, 6.07) is 7.70. The number of halogens is 2. The van der Waals surface area contributed by atoms with E-state index in [2.05, 4.69) is 27.9 Å². The predicted octanol–water partition coefficient (Wildman–Crippen LogP) is 6.90. The van der Waals surface area contributed by atoms with Crippen molar-refractivity contribution in [2.45, 2.75) is 85.6 Å². The second-order valence-corrected chi connectivity index (χ2v) is 12.4. The lowest BCUT2D eigenvalue weighted by molar-refractivity contribution is -0.120. The third-order valence-corrected chi connectivity index (χ3v) is 8.40. The molecule has 0 bridgehead atoms. The molecule has 8 nitrogen and oxygen atoms in total. The second kappa shape index (κ2) is 15.8. The lowest BCUT2D eigenvalue weighted by Gasteiger charge is -2.31. The molecule has 10 heteroatoms. The SMILES string of the molecule is C=C(/C(=C\C=C(/C)C(C)(F)F)C(N)=NC(=O)CC(C)N(CCC)c1cc(-c2c(C)cc(CC(=O)NC)cc2C)cnc1C#N)C1CC1. The van der Waals surface area contributed by atoms with Gasteiger partial charge in [0.25, 0.3) is 5.92 Å². The fourth-order valence-electron chi connectivity index (χ4n) is 5.56. The number of aromatic nitrogens is 1. The number of aliphatic imine (C=N–C) groups is 1. The van der Waals surface area contributed by atoms with Gasteiger partial charge in [-0.2, -0.15) is 10.3 Å². The number of nitrogens with one attached hydrogen (secondary N) is 1. The molecule has 1 heterocycles. The molecular formula is C37H46F2N6O2. The maximum absolute atomic E-state index is 13.8. The van der Waals surface area contributed by atoms with Crippen molar-refractivity contribution in [1.82, 2.24) is 10.3 Å². The molecule has 0 spiro atoms. The van der Waals surface area contributed by atoms with Crippen molar-refractivity contribution in [2.75, 3.05) is 18.5 Å². The standard InChI is InChI=1S/C37H46F2N6O2/c1-9-14-45(25(5)17-34(47)44-36(41)30(26(6)28-11-12-28)13-10-24(4)37(7,38)39)32-19-29(21-43-31(32)20-40)35-22(2)15-27(16-23(35)3)18-33(46)42-8/h10,13,15-16,19,21,25,28H,6,9,11-12,14,17-18H2,1-5,7-8H3,(H,42,46)(H2,41,44,47)/b24-10+,30-13+. The Bertz CT molecular complexity index is 1630. The van der Waals surface area contributed by atoms with E-state index in [1.807, 2.05) is 50.8 Å². The summed E-state index contributed by atoms with van der Waals surface area (Å²) in [5.74, 6) is -3.42. The van der Waals surface area contributed by atoms with Crippen molar-refractivity contribution in [3.63, 3.8) is 0 Å². The normalized spacial score (nSPS) is 14.8. The molecule has 1 aliphatic rings. The number of hydrogen-bond donors (Lipinski definition) is 2. The van der Waals surface area contributed by atoms with Gasteiger partial charge in [-0.15, -0.1) is 0 Å². The van der Waals surface area contributed by atoms with Gasteiger partial charge >= 0.3 is 0 Å². The average molecular weight is 645 g/mol. The van der Waals surface area contributed by atoms with Crippen molar-refractivity contribution in [1.29, 1.82) is 5.26 Å². The lowest BCUT2D eigenvalue weighted by Crippen LogP contribution is -2.36. The van der Waals surface area contributed by atoms with Crippen LogP contribution in [0, 0.1) is 31.1 Å². The molecule has 1 aliphatic carbocycles. The molecule has 0 radical (unpaired) electrons. The van der Waals surface area contributed by atoms with Crippen LogP contribution in [0.15, 0.2) is 64.8 Å². The van der Waals surface area contributed by atoms with Crippen LogP contribution >= 0.6 is 0 Å². The number of nitrogens with two attached hydrogens (primary N) is 1. The number of carbonyl (C=O) groups is 2. The van der Waals surface area contributed by atoms with Crippen molar-refractivity contribution in [3.8, 4) is 17.2 Å². The van der Waals surface area contributed by atoms with Gasteiger partial charge in [0.15, 0.2) is 5.69 Å². The number of aryl methyl sites for hydroxylation is 2. The quantitative estimate of drug-likeness (QED) is 0.131. The molecule has 1 unspecified atom stereocenters. The monoisotopic (exact) mass is 644 g/mol. The van der Waals surface area contributed by atoms with Gasteiger partial charge < -0.3 is 16.0 Å². The van der Waals surface area contributed by atoms with Gasteiger partial charge in [-0.05, 0) is 92.3 Å². The van der Waals surface area contributed by atoms with E-state index in [1.54, 1.807) is 13.2 Å². The molecule has 3 rings (SSSR count). The first-order valence-corrected chi connectivity index (χ1v) is 15.9. The summed E-state index contributed by atoms with van der Waals surface area (Å²) in [6.07, 6.45) is 7.28. The number of carbonyl (C=O) groups excluding carboxylic acids is 2. The van der Waals surface area contributed by atoms with Gasteiger partial charge in [0.2, 0.25) is 11.8 Å². The Hall–Kier alpha value is -4.65. The van der Waals surface area contributed by atoms with E-state index in [0.717, 1.165) is 54.0 Å². The van der Waals surface area contributed by atoms with Gasteiger partial charge in [-0.25, -0.2) is 13.8 Å². The molecule has 47 heavy (non-hydrogen) atoms. The van der Waals surface area contributed by atoms with E-state index in [-0.39, 0.29) is 47.8 Å². The van der Waals surface area contributed by atoms with E-state index in [4.69, 9.17) is 5.73 Å². The zero-order valence-corrected chi connectivity index (χ0v) is 28.5. The first-order chi connectivity index (χ1) is 22.1. The Balaban J connectivity index is 1.94. The maximum atomic E-state index is 13.8. The lowest BCUT2D eigenvalue weighted by atomic mass is 9.93. The topological polar surface area (TPSA) is 124 Å². The predicted molar refractivity (Wildman–Crippen MR) is 184 cm³/mol. The smallest absolute Gasteiger partial charge is 0.266 e. The zero-order valence-electron chi connectivity index (χ0n) is 28.5. The summed E-state index contributed by atoms with van der Waals surface area (Å²) in [7, 11) is 1.61. The molecule has 0 saturated heterocycles. The summed E-state index contributed by atoms with van der Waals surface area (Å²) in [5, 5.41) is 12.6. The maximum Gasteiger partial charge on any atom is 0.266 e. The summed E-state index contributed by atoms with van der Waals surface area (Å²) < 4.78 is 27.6. The number of nitriles is 1. The highest BCUT2D eigenvalue weighted by Crippen LogP contribution is 2.39. The molecule has 1 aromatic carbocycles. The number of rotatable bonds is 14. The van der Waals surface area contributed by atoms with Crippen LogP contribution in [-0.4, -0.2) is 48.2 Å². The van der Waals surface area contributed by atoms with Crippen molar-refractivity contribution < 1.29 is 18.4 Å². The first kappa shape index (κ1) is 36.8. The summed E-state index contributed by atoms with van der Waals surface area (Å²) in [5.41, 5.74) is 12.7. The molecule has 2 aromatic rings. The molecule has 0 aliphatic heterocycles. The average Bonchev–Trinajstić information content (AvgIpc) is 3.84. The van der Waals surface area contributed by atoms with Crippen molar-refractivity contribution >= 4 is 23.3 Å². The molecule has 1 saturated carbocycles. The highest BCUT2D eigenvalue weighted by atomic mass is 19.3. The number of allylic oxidation sites excluding steroid dienone is 3. The molecule has 1 fully saturated rings. The summed E-state index contributed by atoms with van der Waals surface area (Å²) in [4.78, 5) is 35.9. The number of nitrogens with zero attached hydrogens (tertiary/aromatic N) is 4. The minimum atomic E-state index is -3.00. The number of anilines is 1. The van der Waals surface area contributed by atoms with Gasteiger partial charge in [-0.3, -0.25) is 9.59 Å². The van der Waals surface area contributed by atoms with Crippen LogP contribution in [0.3, 0.4) is 0 Å². The number of likely N-dealkylation sites (N-methyl/N-ethyl adjacent to an activating group) is 1. The van der Waals surface area contributed by atoms with Crippen LogP contribution in [0.25, 0.3) is 11.1 Å². The van der Waals surface area contributed by atoms with Crippen LogP contribution < -0.4 is 16.0 Å². The fraction of sp³-hybridized carbons (Fsp3) is 0.432. The number of pyridine rings is 1. The van der Waals surface area contributed by atoms with E-state index >= 15 is 0 Å². The minimum Gasteiger partial charge on any atom is -0.383 e. The number of amidine groups is 1. The van der Waals surface area contributed by atoms with Gasteiger partial charge in [0.05, 0.1) is 12.1 Å². The molecule has 1 atom stereocenters. The Labute approximate surface area is 277 Å². The van der Waals surface area contributed by atoms with Crippen LogP contribution in [0.2, 0.25) is 0 Å². The van der Waals surface area contributed by atoms with Crippen molar-refractivity contribution in [3.05, 3.63) is 82.2 Å². The number of alkyl halides is 2. The molecular weight excluding hydrogens is 598 g/mol. The first-order valence-electron chi connectivity index (χ1n) is 15.9. The largest absolute Gasteiger partial charge is 0.383 e. The van der Waals surface area contributed by atoms with Crippen LogP contribution in [0.4, 0.5) is 14.5 Å². The third kappa shape index (κ3) is 9.67. The highest BCUT2D eigenvalue weighted by molar-refractivity contribution is 6.07. The van der Waals surface area contributed by atoms with Crippen molar-refractivity contribution in [2.24, 2.45) is 16.6 Å². The van der Waals surface area contributed by atoms with Crippen LogP contribution in [0.1, 0.15) is 75.8 Å². The van der Waals surface area contributed by atoms with Gasteiger partial charge in [0, 0.05) is 50.3 Å². The van der Waals surface area contributed by atoms with E-state index in [0.29, 0.717) is 23.4 Å².